The summed E-state index contributed by atoms with van der Waals surface area (Å²) in [5.41, 5.74) is 0.327. The molecule has 3 nitrogen and oxygen atoms in total. The predicted molar refractivity (Wildman–Crippen MR) is 83.3 cm³/mol. The van der Waals surface area contributed by atoms with Crippen LogP contribution in [0.3, 0.4) is 0 Å². The molecule has 1 aliphatic rings. The highest BCUT2D eigenvalue weighted by Crippen LogP contribution is 2.17. The Morgan fingerprint density at radius 1 is 1.24 bits per heavy atom. The number of nitrogens with one attached hydrogen (secondary N) is 1. The van der Waals surface area contributed by atoms with Gasteiger partial charge >= 0.3 is 0 Å². The third-order valence-electron chi connectivity index (χ3n) is 3.81. The van der Waals surface area contributed by atoms with Crippen LogP contribution in [-0.2, 0) is 0 Å². The molecule has 1 heterocycles. The molecule has 0 saturated carbocycles. The lowest BCUT2D eigenvalue weighted by Crippen LogP contribution is -2.30. The molecule has 1 aromatic carbocycles. The van der Waals surface area contributed by atoms with Crippen LogP contribution in [0.1, 0.15) is 42.5 Å². The van der Waals surface area contributed by atoms with Crippen molar-refractivity contribution >= 4 is 17.5 Å². The van der Waals surface area contributed by atoms with Crippen LogP contribution in [-0.4, -0.2) is 37.0 Å². The van der Waals surface area contributed by atoms with Crippen LogP contribution in [0.2, 0.25) is 5.02 Å². The van der Waals surface area contributed by atoms with E-state index in [1.807, 2.05) is 0 Å². The minimum Gasteiger partial charge on any atom is -0.352 e. The second kappa shape index (κ2) is 8.35. The summed E-state index contributed by atoms with van der Waals surface area (Å²) < 4.78 is 12.9. The lowest BCUT2D eigenvalue weighted by atomic mass is 10.2. The van der Waals surface area contributed by atoms with E-state index < -0.39 is 5.82 Å². The largest absolute Gasteiger partial charge is 0.352 e. The maximum atomic E-state index is 12.9. The van der Waals surface area contributed by atoms with Crippen molar-refractivity contribution in [3.8, 4) is 0 Å². The van der Waals surface area contributed by atoms with Gasteiger partial charge in [-0.25, -0.2) is 4.39 Å². The van der Waals surface area contributed by atoms with Gasteiger partial charge < -0.3 is 10.2 Å². The maximum absolute atomic E-state index is 12.9. The van der Waals surface area contributed by atoms with Gasteiger partial charge in [-0.1, -0.05) is 24.4 Å². The first kappa shape index (κ1) is 16.2. The number of hydrogen-bond acceptors (Lipinski definition) is 2. The molecule has 0 atom stereocenters. The molecular formula is C16H22ClFN2O. The van der Waals surface area contributed by atoms with Crippen LogP contribution in [0.25, 0.3) is 0 Å². The molecule has 0 radical (unpaired) electrons. The molecule has 1 fully saturated rings. The molecule has 0 bridgehead atoms. The van der Waals surface area contributed by atoms with Gasteiger partial charge in [0.05, 0.1) is 10.6 Å². The Morgan fingerprint density at radius 2 is 1.95 bits per heavy atom. The molecule has 2 rings (SSSR count). The fourth-order valence-electron chi connectivity index (χ4n) is 2.63. The van der Waals surface area contributed by atoms with Gasteiger partial charge in [0.25, 0.3) is 5.91 Å². The standard InChI is InChI=1S/C16H22ClFN2O/c17-15-12-13(18)6-7-14(15)16(21)19-8-5-11-20-9-3-1-2-4-10-20/h6-7,12H,1-5,8-11H2,(H,19,21). The number of rotatable bonds is 5. The topological polar surface area (TPSA) is 32.3 Å². The number of carbonyl (C=O) groups excluding carboxylic acids is 1. The van der Waals surface area contributed by atoms with E-state index in [0.29, 0.717) is 12.1 Å². The van der Waals surface area contributed by atoms with Crippen molar-refractivity contribution in [2.75, 3.05) is 26.2 Å². The molecule has 1 N–H and O–H groups in total. The first-order valence-electron chi connectivity index (χ1n) is 7.62. The van der Waals surface area contributed by atoms with E-state index in [4.69, 9.17) is 11.6 Å². The van der Waals surface area contributed by atoms with Crippen molar-refractivity contribution in [3.05, 3.63) is 34.6 Å². The van der Waals surface area contributed by atoms with Crippen molar-refractivity contribution in [2.45, 2.75) is 32.1 Å². The molecular weight excluding hydrogens is 291 g/mol. The molecule has 0 unspecified atom stereocenters. The van der Waals surface area contributed by atoms with Crippen LogP contribution in [0.4, 0.5) is 4.39 Å². The smallest absolute Gasteiger partial charge is 0.252 e. The average Bonchev–Trinajstić information content (AvgIpc) is 2.72. The van der Waals surface area contributed by atoms with E-state index in [-0.39, 0.29) is 10.9 Å². The molecule has 1 amide bonds. The Kier molecular flexibility index (Phi) is 6.46. The number of amides is 1. The second-order valence-corrected chi connectivity index (χ2v) is 5.90. The zero-order chi connectivity index (χ0) is 15.1. The lowest BCUT2D eigenvalue weighted by Gasteiger charge is -2.19. The molecule has 1 aromatic rings. The molecule has 0 aromatic heterocycles. The third kappa shape index (κ3) is 5.29. The minimum absolute atomic E-state index is 0.153. The number of benzene rings is 1. The van der Waals surface area contributed by atoms with Crippen LogP contribution in [0, 0.1) is 5.82 Å². The van der Waals surface area contributed by atoms with Crippen molar-refractivity contribution in [3.63, 3.8) is 0 Å². The van der Waals surface area contributed by atoms with Gasteiger partial charge in [0.1, 0.15) is 5.82 Å². The number of carbonyl (C=O) groups is 1. The molecule has 1 aliphatic heterocycles. The highest BCUT2D eigenvalue weighted by Gasteiger charge is 2.11. The van der Waals surface area contributed by atoms with Gasteiger partial charge in [-0.05, 0) is 57.1 Å². The molecule has 0 spiro atoms. The predicted octanol–water partition coefficient (Wildman–Crippen LogP) is 3.48. The van der Waals surface area contributed by atoms with E-state index in [0.717, 1.165) is 32.1 Å². The molecule has 21 heavy (non-hydrogen) atoms. The zero-order valence-corrected chi connectivity index (χ0v) is 13.0. The molecule has 116 valence electrons. The highest BCUT2D eigenvalue weighted by molar-refractivity contribution is 6.33. The van der Waals surface area contributed by atoms with E-state index in [1.165, 1.54) is 37.8 Å². The third-order valence-corrected chi connectivity index (χ3v) is 4.12. The van der Waals surface area contributed by atoms with Crippen molar-refractivity contribution < 1.29 is 9.18 Å². The van der Waals surface area contributed by atoms with Gasteiger partial charge in [-0.15, -0.1) is 0 Å². The number of likely N-dealkylation sites (tertiary alicyclic amines) is 1. The minimum atomic E-state index is -0.433. The first-order valence-corrected chi connectivity index (χ1v) is 8.00. The number of halogens is 2. The fourth-order valence-corrected chi connectivity index (χ4v) is 2.89. The van der Waals surface area contributed by atoms with Crippen LogP contribution >= 0.6 is 11.6 Å². The van der Waals surface area contributed by atoms with Crippen molar-refractivity contribution in [1.82, 2.24) is 10.2 Å². The Labute approximate surface area is 130 Å². The Bertz CT molecular complexity index is 473. The summed E-state index contributed by atoms with van der Waals surface area (Å²) in [7, 11) is 0. The monoisotopic (exact) mass is 312 g/mol. The highest BCUT2D eigenvalue weighted by atomic mass is 35.5. The first-order chi connectivity index (χ1) is 10.2. The summed E-state index contributed by atoms with van der Waals surface area (Å²) in [6.45, 7) is 3.95. The number of hydrogen-bond donors (Lipinski definition) is 1. The lowest BCUT2D eigenvalue weighted by molar-refractivity contribution is 0.0952. The SMILES string of the molecule is O=C(NCCCN1CCCCCC1)c1ccc(F)cc1Cl. The van der Waals surface area contributed by atoms with Gasteiger partial charge in [0.2, 0.25) is 0 Å². The molecule has 5 heteroatoms. The Morgan fingerprint density at radius 3 is 2.62 bits per heavy atom. The summed E-state index contributed by atoms with van der Waals surface area (Å²) in [6.07, 6.45) is 6.13. The normalized spacial score (nSPS) is 16.5. The Balaban J connectivity index is 1.71. The van der Waals surface area contributed by atoms with Crippen molar-refractivity contribution in [2.24, 2.45) is 0 Å². The Hall–Kier alpha value is -1.13. The molecule has 0 aliphatic carbocycles. The van der Waals surface area contributed by atoms with E-state index in [1.54, 1.807) is 0 Å². The number of nitrogens with zero attached hydrogens (tertiary/aromatic N) is 1. The van der Waals surface area contributed by atoms with E-state index >= 15 is 0 Å². The van der Waals surface area contributed by atoms with Gasteiger partial charge in [0.15, 0.2) is 0 Å². The summed E-state index contributed by atoms with van der Waals surface area (Å²) in [4.78, 5) is 14.4. The summed E-state index contributed by atoms with van der Waals surface area (Å²) >= 11 is 5.87. The molecule has 1 saturated heterocycles. The maximum Gasteiger partial charge on any atom is 0.252 e. The van der Waals surface area contributed by atoms with Crippen LogP contribution < -0.4 is 5.32 Å². The van der Waals surface area contributed by atoms with Gasteiger partial charge in [-0.3, -0.25) is 4.79 Å². The van der Waals surface area contributed by atoms with Gasteiger partial charge in [-0.2, -0.15) is 0 Å². The zero-order valence-electron chi connectivity index (χ0n) is 12.2. The average molecular weight is 313 g/mol. The summed E-state index contributed by atoms with van der Waals surface area (Å²) in [5, 5.41) is 2.99. The van der Waals surface area contributed by atoms with Crippen LogP contribution in [0.15, 0.2) is 18.2 Å². The quantitative estimate of drug-likeness (QED) is 0.844. The fraction of sp³-hybridized carbons (Fsp3) is 0.562. The van der Waals surface area contributed by atoms with Crippen LogP contribution in [0.5, 0.6) is 0 Å². The van der Waals surface area contributed by atoms with E-state index in [2.05, 4.69) is 10.2 Å². The van der Waals surface area contributed by atoms with E-state index in [9.17, 15) is 9.18 Å². The van der Waals surface area contributed by atoms with Crippen molar-refractivity contribution in [1.29, 1.82) is 0 Å². The second-order valence-electron chi connectivity index (χ2n) is 5.49. The van der Waals surface area contributed by atoms with Gasteiger partial charge in [0, 0.05) is 6.54 Å². The summed E-state index contributed by atoms with van der Waals surface area (Å²) in [6, 6.07) is 3.83. The summed E-state index contributed by atoms with van der Waals surface area (Å²) in [5.74, 6) is -0.673.